The molecule has 32 heavy (non-hydrogen) atoms. The number of oxime groups is 1. The molecule has 0 fully saturated rings. The molecule has 0 unspecified atom stereocenters. The van der Waals surface area contributed by atoms with Gasteiger partial charge in [0.1, 0.15) is 11.5 Å². The second-order valence-corrected chi connectivity index (χ2v) is 9.19. The van der Waals surface area contributed by atoms with Crippen molar-refractivity contribution in [1.82, 2.24) is 0 Å². The van der Waals surface area contributed by atoms with Crippen LogP contribution in [0.15, 0.2) is 63.5 Å². The van der Waals surface area contributed by atoms with E-state index in [1.165, 1.54) is 12.1 Å². The second-order valence-electron chi connectivity index (χ2n) is 6.60. The summed E-state index contributed by atoms with van der Waals surface area (Å²) in [4.78, 5) is 13.1. The maximum Gasteiger partial charge on any atom is 0.367 e. The zero-order chi connectivity index (χ0) is 23.4. The lowest BCUT2D eigenvalue weighted by Gasteiger charge is -2.09. The molecular weight excluding hydrogens is 454 g/mol. The number of rotatable bonds is 11. The Morgan fingerprint density at radius 1 is 0.875 bits per heavy atom. The number of nitrogens with zero attached hydrogens (tertiary/aromatic N) is 1. The van der Waals surface area contributed by atoms with Crippen molar-refractivity contribution in [3.8, 4) is 0 Å². The summed E-state index contributed by atoms with van der Waals surface area (Å²) >= 11 is 0.944. The fraction of sp³-hybridized carbons (Fsp3) is 0.364. The van der Waals surface area contributed by atoms with Crippen LogP contribution in [0, 0.1) is 13.8 Å². The molecule has 0 amide bonds. The largest absolute Gasteiger partial charge is 0.458 e. The van der Waals surface area contributed by atoms with E-state index in [0.29, 0.717) is 24.7 Å². The van der Waals surface area contributed by atoms with Gasteiger partial charge >= 0.3 is 16.1 Å². The molecule has 2 aromatic carbocycles. The Hall–Kier alpha value is -2.40. The van der Waals surface area contributed by atoms with E-state index >= 15 is 0 Å². The van der Waals surface area contributed by atoms with Crippen LogP contribution in [0.5, 0.6) is 0 Å². The van der Waals surface area contributed by atoms with E-state index in [-0.39, 0.29) is 23.2 Å². The Labute approximate surface area is 193 Å². The monoisotopic (exact) mass is 481 g/mol. The van der Waals surface area contributed by atoms with Crippen molar-refractivity contribution in [2.24, 2.45) is 5.16 Å². The van der Waals surface area contributed by atoms with Gasteiger partial charge in [0, 0.05) is 11.5 Å². The van der Waals surface area contributed by atoms with Crippen LogP contribution in [-0.4, -0.2) is 52.5 Å². The molecule has 2 aromatic rings. The number of ether oxygens (including phenoxy) is 3. The van der Waals surface area contributed by atoms with Crippen molar-refractivity contribution in [2.45, 2.75) is 30.6 Å². The first kappa shape index (κ1) is 25.9. The van der Waals surface area contributed by atoms with Crippen LogP contribution in [0.4, 0.5) is 0 Å². The highest BCUT2D eigenvalue weighted by molar-refractivity contribution is 8.15. The minimum absolute atomic E-state index is 0.0247. The molecule has 0 aliphatic heterocycles. The van der Waals surface area contributed by atoms with Gasteiger partial charge < -0.3 is 14.2 Å². The molecule has 8 nitrogen and oxygen atoms in total. The highest BCUT2D eigenvalue weighted by atomic mass is 32.2. The van der Waals surface area contributed by atoms with Gasteiger partial charge in [0.2, 0.25) is 5.04 Å². The van der Waals surface area contributed by atoms with Crippen LogP contribution >= 0.6 is 11.8 Å². The van der Waals surface area contributed by atoms with Crippen molar-refractivity contribution in [1.29, 1.82) is 0 Å². The molecule has 0 spiro atoms. The van der Waals surface area contributed by atoms with Gasteiger partial charge in [-0.05, 0) is 45.0 Å². The molecule has 0 N–H and O–H groups in total. The van der Waals surface area contributed by atoms with Crippen LogP contribution in [0.25, 0.3) is 0 Å². The van der Waals surface area contributed by atoms with Crippen molar-refractivity contribution < 1.29 is 31.7 Å². The summed E-state index contributed by atoms with van der Waals surface area (Å²) in [5.74, 6) is -0.817. The topological polar surface area (TPSA) is 100 Å². The first-order chi connectivity index (χ1) is 15.3. The zero-order valence-corrected chi connectivity index (χ0v) is 19.9. The summed E-state index contributed by atoms with van der Waals surface area (Å²) in [5, 5.41) is 3.36. The molecular formula is C22H27NO7S2. The molecule has 2 rings (SSSR count). The smallest absolute Gasteiger partial charge is 0.367 e. The van der Waals surface area contributed by atoms with Gasteiger partial charge in [-0.15, -0.1) is 0 Å². The zero-order valence-electron chi connectivity index (χ0n) is 18.3. The molecule has 0 saturated carbocycles. The van der Waals surface area contributed by atoms with Gasteiger partial charge in [-0.1, -0.05) is 52.3 Å². The number of benzene rings is 2. The van der Waals surface area contributed by atoms with Crippen molar-refractivity contribution in [3.05, 3.63) is 59.7 Å². The van der Waals surface area contributed by atoms with Gasteiger partial charge in [-0.25, -0.2) is 4.79 Å². The molecule has 10 heteroatoms. The number of esters is 1. The molecule has 0 aliphatic rings. The molecule has 174 valence electrons. The summed E-state index contributed by atoms with van der Waals surface area (Å²) in [7, 11) is -4.19. The normalized spacial score (nSPS) is 11.9. The fourth-order valence-corrected chi connectivity index (χ4v) is 3.75. The summed E-state index contributed by atoms with van der Waals surface area (Å²) in [6.07, 6.45) is 0. The first-order valence-corrected chi connectivity index (χ1v) is 12.2. The van der Waals surface area contributed by atoms with Gasteiger partial charge in [0.05, 0.1) is 19.8 Å². The molecule has 0 saturated heterocycles. The third-order valence-corrected chi connectivity index (χ3v) is 6.04. The second kappa shape index (κ2) is 13.2. The number of hydrogen-bond acceptors (Lipinski definition) is 9. The maximum absolute atomic E-state index is 12.5. The van der Waals surface area contributed by atoms with E-state index in [2.05, 4.69) is 5.16 Å². The van der Waals surface area contributed by atoms with Gasteiger partial charge in [0.15, 0.2) is 0 Å². The Kier molecular flexibility index (Phi) is 10.7. The predicted octanol–water partition coefficient (Wildman–Crippen LogP) is 3.71. The third kappa shape index (κ3) is 8.99. The number of aryl methyl sites for hydroxylation is 2. The molecule has 0 aliphatic carbocycles. The van der Waals surface area contributed by atoms with Crippen LogP contribution in [-0.2, 0) is 33.4 Å². The third-order valence-electron chi connectivity index (χ3n) is 3.98. The van der Waals surface area contributed by atoms with Gasteiger partial charge in [-0.2, -0.15) is 8.42 Å². The summed E-state index contributed by atoms with van der Waals surface area (Å²) in [6, 6.07) is 13.4. The van der Waals surface area contributed by atoms with E-state index in [0.717, 1.165) is 22.9 Å². The highest BCUT2D eigenvalue weighted by Crippen LogP contribution is 2.22. The van der Waals surface area contributed by atoms with E-state index in [4.69, 9.17) is 18.5 Å². The Morgan fingerprint density at radius 2 is 1.44 bits per heavy atom. The van der Waals surface area contributed by atoms with Crippen molar-refractivity contribution in [2.75, 3.05) is 33.0 Å². The van der Waals surface area contributed by atoms with Gasteiger partial charge in [-0.3, -0.25) is 4.28 Å². The van der Waals surface area contributed by atoms with Crippen LogP contribution < -0.4 is 0 Å². The molecule has 0 atom stereocenters. The predicted molar refractivity (Wildman–Crippen MR) is 122 cm³/mol. The van der Waals surface area contributed by atoms with Crippen molar-refractivity contribution >= 4 is 32.9 Å². The standard InChI is InChI=1S/C22H27NO7S2/c1-4-27-13-14-28-15-16-29-22(24)21(31-19-9-5-17(2)6-10-19)23-30-32(25,26)20-11-7-18(3)8-12-20/h5-12H,4,13-16H2,1-3H3/b23-21-. The van der Waals surface area contributed by atoms with Gasteiger partial charge in [0.25, 0.3) is 0 Å². The summed E-state index contributed by atoms with van der Waals surface area (Å²) in [5.41, 5.74) is 1.94. The lowest BCUT2D eigenvalue weighted by molar-refractivity contribution is -0.137. The number of carbonyl (C=O) groups is 1. The quantitative estimate of drug-likeness (QED) is 0.120. The number of thioether (sulfide) groups is 1. The highest BCUT2D eigenvalue weighted by Gasteiger charge is 2.21. The van der Waals surface area contributed by atoms with E-state index in [1.807, 2.05) is 32.9 Å². The van der Waals surface area contributed by atoms with E-state index in [9.17, 15) is 13.2 Å². The molecule has 0 heterocycles. The number of carbonyl (C=O) groups excluding carboxylic acids is 1. The van der Waals surface area contributed by atoms with Crippen LogP contribution in [0.3, 0.4) is 0 Å². The molecule has 0 radical (unpaired) electrons. The Balaban J connectivity index is 2.06. The molecule has 0 bridgehead atoms. The van der Waals surface area contributed by atoms with Crippen molar-refractivity contribution in [3.63, 3.8) is 0 Å². The first-order valence-electron chi connectivity index (χ1n) is 9.97. The Morgan fingerprint density at radius 3 is 2.06 bits per heavy atom. The lowest BCUT2D eigenvalue weighted by Crippen LogP contribution is -2.19. The average Bonchev–Trinajstić information content (AvgIpc) is 2.77. The van der Waals surface area contributed by atoms with Crippen LogP contribution in [0.1, 0.15) is 18.1 Å². The SMILES string of the molecule is CCOCCOCCOC(=O)/C(=N/OS(=O)(=O)c1ccc(C)cc1)Sc1ccc(C)cc1. The minimum atomic E-state index is -4.19. The van der Waals surface area contributed by atoms with E-state index < -0.39 is 16.1 Å². The Bertz CT molecular complexity index is 988. The van der Waals surface area contributed by atoms with E-state index in [1.54, 1.807) is 24.3 Å². The van der Waals surface area contributed by atoms with Crippen LogP contribution in [0.2, 0.25) is 0 Å². The molecule has 0 aromatic heterocycles. The number of hydrogen-bond donors (Lipinski definition) is 0. The minimum Gasteiger partial charge on any atom is -0.458 e. The summed E-state index contributed by atoms with van der Waals surface area (Å²) in [6.45, 7) is 7.22. The average molecular weight is 482 g/mol. The summed E-state index contributed by atoms with van der Waals surface area (Å²) < 4.78 is 45.3. The fourth-order valence-electron chi connectivity index (χ4n) is 2.27. The lowest BCUT2D eigenvalue weighted by atomic mass is 10.2. The maximum atomic E-state index is 12.5.